The lowest BCUT2D eigenvalue weighted by Crippen LogP contribution is -2.37. The molecule has 27 heavy (non-hydrogen) atoms. The number of aliphatic carboxylic acids is 1. The predicted molar refractivity (Wildman–Crippen MR) is 112 cm³/mol. The van der Waals surface area contributed by atoms with E-state index in [1.807, 2.05) is 0 Å². The van der Waals surface area contributed by atoms with Crippen LogP contribution in [0.4, 0.5) is 0 Å². The summed E-state index contributed by atoms with van der Waals surface area (Å²) in [6.45, 7) is 2.72. The lowest BCUT2D eigenvalue weighted by Gasteiger charge is -2.20. The third-order valence-corrected chi connectivity index (χ3v) is 4.77. The number of allylic oxidation sites excluding steroid dienone is 2. The number of rotatable bonds is 20. The van der Waals surface area contributed by atoms with E-state index in [9.17, 15) is 4.79 Å². The molecule has 0 unspecified atom stereocenters. The molecule has 0 rings (SSSR count). The van der Waals surface area contributed by atoms with Gasteiger partial charge in [0.2, 0.25) is 0 Å². The molecule has 0 aliphatic rings. The largest absolute Gasteiger partial charge is 0.480 e. The average molecular weight is 386 g/mol. The van der Waals surface area contributed by atoms with Crippen molar-refractivity contribution in [2.24, 2.45) is 0 Å². The Hall–Kier alpha value is -0.910. The molecule has 0 saturated carbocycles. The number of carbonyl (C=O) groups is 1. The molecule has 0 saturated heterocycles. The van der Waals surface area contributed by atoms with Crippen molar-refractivity contribution in [1.82, 2.24) is 4.90 Å². The van der Waals surface area contributed by atoms with Crippen LogP contribution in [0.2, 0.25) is 0 Å². The third-order valence-electron chi connectivity index (χ3n) is 4.77. The molecule has 5 nitrogen and oxygen atoms in total. The number of hydrogen-bond acceptors (Lipinski definition) is 4. The normalized spacial score (nSPS) is 11.9. The molecule has 0 fully saturated rings. The van der Waals surface area contributed by atoms with E-state index < -0.39 is 12.3 Å². The van der Waals surface area contributed by atoms with Crippen LogP contribution in [-0.2, 0) is 4.79 Å². The molecule has 0 atom stereocenters. The highest BCUT2D eigenvalue weighted by atomic mass is 16.5. The number of unbranched alkanes of at least 4 members (excludes halogenated alkanes) is 12. The van der Waals surface area contributed by atoms with Crippen molar-refractivity contribution in [2.45, 2.75) is 103 Å². The number of carboxylic acid groups (broad SMARTS) is 1. The van der Waals surface area contributed by atoms with Crippen molar-refractivity contribution in [3.8, 4) is 0 Å². The van der Waals surface area contributed by atoms with E-state index in [0.29, 0.717) is 6.54 Å². The van der Waals surface area contributed by atoms with E-state index in [0.717, 1.165) is 19.3 Å². The van der Waals surface area contributed by atoms with Crippen LogP contribution in [-0.4, -0.2) is 52.1 Å². The van der Waals surface area contributed by atoms with E-state index in [2.05, 4.69) is 19.1 Å². The van der Waals surface area contributed by atoms with Crippen molar-refractivity contribution in [3.63, 3.8) is 0 Å². The summed E-state index contributed by atoms with van der Waals surface area (Å²) >= 11 is 0. The highest BCUT2D eigenvalue weighted by Crippen LogP contribution is 2.10. The molecule has 5 heteroatoms. The standard InChI is InChI=1S/C22H43NO4/c1-2-3-4-5-6-7-8-9-10-11-12-13-14-15-16-17-18-23(19-21(24)25)20-22(26)27/h9-10,21,24-25H,2-8,11-20H2,1H3,(H,26,27). The van der Waals surface area contributed by atoms with Gasteiger partial charge in [0.25, 0.3) is 0 Å². The van der Waals surface area contributed by atoms with Crippen molar-refractivity contribution in [1.29, 1.82) is 0 Å². The van der Waals surface area contributed by atoms with Crippen molar-refractivity contribution >= 4 is 5.97 Å². The maximum absolute atomic E-state index is 10.8. The maximum Gasteiger partial charge on any atom is 0.317 e. The summed E-state index contributed by atoms with van der Waals surface area (Å²) in [5.74, 6) is -0.930. The Morgan fingerprint density at radius 2 is 1.30 bits per heavy atom. The third kappa shape index (κ3) is 21.2. The van der Waals surface area contributed by atoms with Gasteiger partial charge >= 0.3 is 5.97 Å². The summed E-state index contributed by atoms with van der Waals surface area (Å²) in [6, 6.07) is 0. The van der Waals surface area contributed by atoms with Gasteiger partial charge in [-0.1, -0.05) is 76.9 Å². The smallest absolute Gasteiger partial charge is 0.317 e. The van der Waals surface area contributed by atoms with E-state index in [-0.39, 0.29) is 13.1 Å². The first kappa shape index (κ1) is 26.1. The minimum atomic E-state index is -1.47. The number of carboxylic acids is 1. The van der Waals surface area contributed by atoms with Crippen LogP contribution < -0.4 is 0 Å². The second kappa shape index (κ2) is 19.8. The first-order valence-electron chi connectivity index (χ1n) is 11.0. The van der Waals surface area contributed by atoms with Crippen LogP contribution in [0, 0.1) is 0 Å². The Balaban J connectivity index is 3.40. The summed E-state index contributed by atoms with van der Waals surface area (Å²) in [5.41, 5.74) is 0. The minimum absolute atomic E-state index is 0.00260. The molecule has 0 aliphatic heterocycles. The molecular formula is C22H43NO4. The van der Waals surface area contributed by atoms with Gasteiger partial charge in [0.15, 0.2) is 6.29 Å². The fourth-order valence-electron chi connectivity index (χ4n) is 3.24. The zero-order chi connectivity index (χ0) is 20.2. The molecule has 0 aliphatic carbocycles. The first-order valence-corrected chi connectivity index (χ1v) is 11.0. The quantitative estimate of drug-likeness (QED) is 0.160. The Morgan fingerprint density at radius 3 is 1.78 bits per heavy atom. The summed E-state index contributed by atoms with van der Waals surface area (Å²) in [5, 5.41) is 26.8. The first-order chi connectivity index (χ1) is 13.1. The van der Waals surface area contributed by atoms with Gasteiger partial charge in [-0.15, -0.1) is 0 Å². The van der Waals surface area contributed by atoms with Gasteiger partial charge in [0.1, 0.15) is 0 Å². The molecule has 0 radical (unpaired) electrons. The van der Waals surface area contributed by atoms with Gasteiger partial charge in [-0.05, 0) is 38.6 Å². The Kier molecular flexibility index (Phi) is 19.2. The second-order valence-electron chi connectivity index (χ2n) is 7.55. The summed E-state index contributed by atoms with van der Waals surface area (Å²) in [6.07, 6.45) is 20.6. The average Bonchev–Trinajstić information content (AvgIpc) is 2.60. The molecule has 0 aromatic carbocycles. The molecule has 0 amide bonds. The number of aliphatic hydroxyl groups is 2. The van der Waals surface area contributed by atoms with Crippen LogP contribution in [0.25, 0.3) is 0 Å². The van der Waals surface area contributed by atoms with Crippen LogP contribution >= 0.6 is 0 Å². The molecule has 0 aromatic rings. The number of hydrogen-bond donors (Lipinski definition) is 3. The Labute approximate surface area is 166 Å². The molecule has 0 spiro atoms. The second-order valence-corrected chi connectivity index (χ2v) is 7.55. The highest BCUT2D eigenvalue weighted by molar-refractivity contribution is 5.69. The van der Waals surface area contributed by atoms with Gasteiger partial charge in [0, 0.05) is 6.54 Å². The topological polar surface area (TPSA) is 81.0 Å². The van der Waals surface area contributed by atoms with Crippen LogP contribution in [0.15, 0.2) is 12.2 Å². The molecular weight excluding hydrogens is 342 g/mol. The van der Waals surface area contributed by atoms with Crippen LogP contribution in [0.1, 0.15) is 96.8 Å². The molecule has 3 N–H and O–H groups in total. The Bertz CT molecular complexity index is 358. The fourth-order valence-corrected chi connectivity index (χ4v) is 3.24. The number of nitrogens with zero attached hydrogens (tertiary/aromatic N) is 1. The monoisotopic (exact) mass is 385 g/mol. The van der Waals surface area contributed by atoms with Crippen molar-refractivity contribution in [3.05, 3.63) is 12.2 Å². The molecule has 0 heterocycles. The maximum atomic E-state index is 10.8. The fraction of sp³-hybridized carbons (Fsp3) is 0.864. The van der Waals surface area contributed by atoms with Crippen LogP contribution in [0.3, 0.4) is 0 Å². The number of aliphatic hydroxyl groups excluding tert-OH is 1. The lowest BCUT2D eigenvalue weighted by atomic mass is 10.1. The molecule has 160 valence electrons. The Morgan fingerprint density at radius 1 is 0.815 bits per heavy atom. The minimum Gasteiger partial charge on any atom is -0.480 e. The lowest BCUT2D eigenvalue weighted by molar-refractivity contribution is -0.139. The highest BCUT2D eigenvalue weighted by Gasteiger charge is 2.12. The zero-order valence-electron chi connectivity index (χ0n) is 17.4. The van der Waals surface area contributed by atoms with Gasteiger partial charge in [-0.2, -0.15) is 0 Å². The van der Waals surface area contributed by atoms with E-state index in [4.69, 9.17) is 15.3 Å². The SMILES string of the molecule is CCCCCCCCC=CCCCCCCCCN(CC(=O)O)CC(O)O. The van der Waals surface area contributed by atoms with Crippen molar-refractivity contribution < 1.29 is 20.1 Å². The van der Waals surface area contributed by atoms with E-state index in [1.165, 1.54) is 70.6 Å². The zero-order valence-corrected chi connectivity index (χ0v) is 17.4. The van der Waals surface area contributed by atoms with E-state index >= 15 is 0 Å². The summed E-state index contributed by atoms with van der Waals surface area (Å²) in [4.78, 5) is 12.3. The summed E-state index contributed by atoms with van der Waals surface area (Å²) < 4.78 is 0. The van der Waals surface area contributed by atoms with Crippen LogP contribution in [0.5, 0.6) is 0 Å². The van der Waals surface area contributed by atoms with Crippen molar-refractivity contribution in [2.75, 3.05) is 19.6 Å². The van der Waals surface area contributed by atoms with E-state index in [1.54, 1.807) is 4.90 Å². The molecule has 0 bridgehead atoms. The van der Waals surface area contributed by atoms with Gasteiger partial charge in [-0.25, -0.2) is 0 Å². The van der Waals surface area contributed by atoms with Gasteiger partial charge in [0.05, 0.1) is 6.54 Å². The van der Waals surface area contributed by atoms with Gasteiger partial charge in [-0.3, -0.25) is 9.69 Å². The molecule has 0 aromatic heterocycles. The predicted octanol–water partition coefficient (Wildman–Crippen LogP) is 4.72. The van der Waals surface area contributed by atoms with Gasteiger partial charge < -0.3 is 15.3 Å². The summed E-state index contributed by atoms with van der Waals surface area (Å²) in [7, 11) is 0.